The molecule has 0 saturated heterocycles. The molecule has 4 N–H and O–H groups in total. The first-order valence-corrected chi connectivity index (χ1v) is 22.0. The van der Waals surface area contributed by atoms with Gasteiger partial charge in [-0.2, -0.15) is 21.4 Å². The van der Waals surface area contributed by atoms with Gasteiger partial charge in [0.15, 0.2) is 5.71 Å². The zero-order valence-corrected chi connectivity index (χ0v) is 34.1. The molecular weight excluding hydrogens is 757 g/mol. The van der Waals surface area contributed by atoms with Crippen LogP contribution in [0.1, 0.15) is 109 Å². The largest absolute Gasteiger partial charge is 0.481 e. The van der Waals surface area contributed by atoms with Crippen molar-refractivity contribution in [3.05, 3.63) is 94.7 Å². The molecule has 0 saturated carbocycles. The fourth-order valence-electron chi connectivity index (χ4n) is 8.07. The number of carbonyl (C=O) groups is 2. The summed E-state index contributed by atoms with van der Waals surface area (Å²) in [5, 5.41) is 18.2. The summed E-state index contributed by atoms with van der Waals surface area (Å²) in [5.41, 5.74) is 6.21. The quantitative estimate of drug-likeness (QED) is 0.0686. The van der Waals surface area contributed by atoms with E-state index in [1.807, 2.05) is 27.7 Å². The Labute approximate surface area is 330 Å². The van der Waals surface area contributed by atoms with Gasteiger partial charge in [0.25, 0.3) is 20.2 Å². The molecule has 2 aliphatic heterocycles. The predicted octanol–water partition coefficient (Wildman–Crippen LogP) is 8.12. The van der Waals surface area contributed by atoms with Crippen LogP contribution in [-0.4, -0.2) is 71.5 Å². The average molecular weight is 810 g/mol. The van der Waals surface area contributed by atoms with E-state index in [-0.39, 0.29) is 22.6 Å². The number of benzene rings is 2. The van der Waals surface area contributed by atoms with Gasteiger partial charge in [-0.05, 0) is 112 Å². The minimum absolute atomic E-state index is 0.100. The normalized spacial score (nSPS) is 19.2. The van der Waals surface area contributed by atoms with Gasteiger partial charge in [0, 0.05) is 60.3 Å². The van der Waals surface area contributed by atoms with Crippen LogP contribution in [0.4, 0.5) is 11.4 Å². The van der Waals surface area contributed by atoms with Crippen molar-refractivity contribution in [2.45, 2.75) is 119 Å². The Balaban J connectivity index is 1.46. The maximum Gasteiger partial charge on any atom is 0.303 e. The highest BCUT2D eigenvalue weighted by Crippen LogP contribution is 2.49. The molecule has 0 atom stereocenters. The molecule has 14 heteroatoms. The third kappa shape index (κ3) is 9.77. The third-order valence-electron chi connectivity index (χ3n) is 11.1. The lowest BCUT2D eigenvalue weighted by molar-refractivity contribution is -0.438. The van der Waals surface area contributed by atoms with Crippen LogP contribution in [0.3, 0.4) is 0 Å². The van der Waals surface area contributed by atoms with E-state index in [0.717, 1.165) is 90.0 Å². The monoisotopic (exact) mass is 809 g/mol. The van der Waals surface area contributed by atoms with E-state index in [2.05, 4.69) is 39.9 Å². The summed E-state index contributed by atoms with van der Waals surface area (Å²) < 4.78 is 70.0. The third-order valence-corrected chi connectivity index (χ3v) is 12.8. The second-order valence-electron chi connectivity index (χ2n) is 15.9. The molecular formula is C42H53N2O10S2+. The van der Waals surface area contributed by atoms with E-state index >= 15 is 0 Å². The maximum absolute atomic E-state index is 12.1. The zero-order chi connectivity index (χ0) is 41.1. The molecule has 2 aromatic carbocycles. The Kier molecular flexibility index (Phi) is 13.0. The summed E-state index contributed by atoms with van der Waals surface area (Å²) in [5.74, 6) is -1.66. The van der Waals surface area contributed by atoms with Crippen LogP contribution in [-0.2, 0) is 40.7 Å². The minimum atomic E-state index is -4.41. The average Bonchev–Trinajstić information content (AvgIpc) is 3.46. The summed E-state index contributed by atoms with van der Waals surface area (Å²) in [6.45, 7) is 9.31. The van der Waals surface area contributed by atoms with Crippen molar-refractivity contribution in [2.24, 2.45) is 0 Å². The molecule has 0 radical (unpaired) electrons. The fraction of sp³-hybridized carbons (Fsp3) is 0.452. The second-order valence-corrected chi connectivity index (χ2v) is 18.7. The van der Waals surface area contributed by atoms with Crippen LogP contribution in [0.15, 0.2) is 93.4 Å². The highest BCUT2D eigenvalue weighted by molar-refractivity contribution is 7.86. The molecule has 1 aliphatic carbocycles. The summed E-state index contributed by atoms with van der Waals surface area (Å²) in [6.07, 6.45) is 17.4. The molecule has 0 aromatic heterocycles. The van der Waals surface area contributed by atoms with Crippen molar-refractivity contribution in [1.82, 2.24) is 0 Å². The van der Waals surface area contributed by atoms with Crippen LogP contribution < -0.4 is 4.90 Å². The highest BCUT2D eigenvalue weighted by atomic mass is 32.2. The Bertz CT molecular complexity index is 2260. The number of aliphatic carboxylic acids is 2. The minimum Gasteiger partial charge on any atom is -0.481 e. The van der Waals surface area contributed by atoms with E-state index in [1.54, 1.807) is 12.1 Å². The van der Waals surface area contributed by atoms with Crippen LogP contribution >= 0.6 is 0 Å². The molecule has 5 rings (SSSR count). The van der Waals surface area contributed by atoms with Gasteiger partial charge in [0.1, 0.15) is 6.54 Å². The van der Waals surface area contributed by atoms with E-state index in [0.29, 0.717) is 25.9 Å². The van der Waals surface area contributed by atoms with Gasteiger partial charge < -0.3 is 15.1 Å². The van der Waals surface area contributed by atoms with Gasteiger partial charge in [0.2, 0.25) is 5.69 Å². The van der Waals surface area contributed by atoms with Gasteiger partial charge in [-0.25, -0.2) is 0 Å². The van der Waals surface area contributed by atoms with Gasteiger partial charge in [-0.15, -0.1) is 0 Å². The number of rotatable bonds is 17. The van der Waals surface area contributed by atoms with Crippen molar-refractivity contribution in [3.8, 4) is 0 Å². The molecule has 0 spiro atoms. The lowest BCUT2D eigenvalue weighted by Crippen LogP contribution is -2.28. The number of carboxylic acids is 2. The number of nitrogens with zero attached hydrogens (tertiary/aromatic N) is 2. The van der Waals surface area contributed by atoms with Gasteiger partial charge >= 0.3 is 11.9 Å². The summed E-state index contributed by atoms with van der Waals surface area (Å²) in [7, 11) is -8.82. The smallest absolute Gasteiger partial charge is 0.303 e. The van der Waals surface area contributed by atoms with Crippen LogP contribution in [0.25, 0.3) is 0 Å². The van der Waals surface area contributed by atoms with Crippen LogP contribution in [0, 0.1) is 0 Å². The molecule has 2 aromatic rings. The lowest BCUT2D eigenvalue weighted by Gasteiger charge is -2.27. The first-order chi connectivity index (χ1) is 26.2. The molecule has 302 valence electrons. The van der Waals surface area contributed by atoms with E-state index in [9.17, 15) is 35.5 Å². The van der Waals surface area contributed by atoms with E-state index < -0.39 is 43.0 Å². The molecule has 0 unspecified atom stereocenters. The molecule has 3 aliphatic rings. The topological polar surface area (TPSA) is 190 Å². The Morgan fingerprint density at radius 2 is 1.36 bits per heavy atom. The number of unbranched alkanes of at least 4 members (excludes halogenated alkanes) is 4. The molecule has 0 bridgehead atoms. The molecule has 0 fully saturated rings. The van der Waals surface area contributed by atoms with Crippen molar-refractivity contribution >= 4 is 49.3 Å². The fourth-order valence-corrected chi connectivity index (χ4v) is 9.09. The maximum atomic E-state index is 12.1. The summed E-state index contributed by atoms with van der Waals surface area (Å²) in [4.78, 5) is 23.9. The Morgan fingerprint density at radius 3 is 1.98 bits per heavy atom. The summed E-state index contributed by atoms with van der Waals surface area (Å²) >= 11 is 0. The molecule has 0 amide bonds. The number of fused-ring (bicyclic) bond motifs is 2. The van der Waals surface area contributed by atoms with Crippen molar-refractivity contribution < 1.29 is 50.3 Å². The van der Waals surface area contributed by atoms with Crippen molar-refractivity contribution in [3.63, 3.8) is 0 Å². The van der Waals surface area contributed by atoms with Gasteiger partial charge in [-0.3, -0.25) is 18.7 Å². The first kappa shape index (κ1) is 42.8. The van der Waals surface area contributed by atoms with Crippen LogP contribution in [0.2, 0.25) is 0 Å². The zero-order valence-electron chi connectivity index (χ0n) is 32.5. The Hall–Kier alpha value is -4.37. The predicted molar refractivity (Wildman–Crippen MR) is 215 cm³/mol. The summed E-state index contributed by atoms with van der Waals surface area (Å²) in [6, 6.07) is 9.31. The number of carboxylic acid groups (broad SMARTS) is 2. The number of hydrogen-bond acceptors (Lipinski definition) is 7. The molecule has 56 heavy (non-hydrogen) atoms. The van der Waals surface area contributed by atoms with Gasteiger partial charge in [0.05, 0.1) is 15.2 Å². The number of anilines is 1. The van der Waals surface area contributed by atoms with E-state index in [1.165, 1.54) is 24.3 Å². The van der Waals surface area contributed by atoms with Crippen molar-refractivity contribution in [2.75, 3.05) is 18.0 Å². The number of hydrogen-bond donors (Lipinski definition) is 4. The molecule has 2 heterocycles. The SMILES string of the molecule is CC1(C)C(/C=C/C2=CC(=C/C=C3/N(CCCCCC(=O)O)c4ccc(S(=O)(=O)O)cc4C3(C)C)/CCC2)=[N+](CCCCCC(=O)O)c2ccc(S(=O)(=O)O)cc21. The number of allylic oxidation sites excluding steroid dienone is 8. The van der Waals surface area contributed by atoms with Crippen LogP contribution in [0.5, 0.6) is 0 Å². The highest BCUT2D eigenvalue weighted by Gasteiger charge is 2.45. The van der Waals surface area contributed by atoms with Gasteiger partial charge in [-0.1, -0.05) is 38.5 Å². The standard InChI is InChI=1S/C42H52N2O10S2/c1-41(2)33-27-31(55(49,50)51)18-20-35(33)43(24-9-5-7-14-39(45)46)37(41)22-16-29-12-11-13-30(26-29)17-23-38-42(3,4)34-28-32(56(52,53)54)19-21-36(34)44(38)25-10-6-8-15-40(47)48/h16-23,26-28H,5-15,24-25H2,1-4H3,(H3-,45,46,47,48,49,50,51,52,53,54)/p+1. The van der Waals surface area contributed by atoms with E-state index in [4.69, 9.17) is 10.2 Å². The first-order valence-electron chi connectivity index (χ1n) is 19.1. The molecule has 12 nitrogen and oxygen atoms in total. The Morgan fingerprint density at radius 1 is 0.750 bits per heavy atom. The second kappa shape index (κ2) is 17.0. The van der Waals surface area contributed by atoms with Crippen molar-refractivity contribution in [1.29, 1.82) is 0 Å². The lowest BCUT2D eigenvalue weighted by atomic mass is 9.81.